The van der Waals surface area contributed by atoms with Crippen LogP contribution in [0.25, 0.3) is 37.5 Å². The lowest BCUT2D eigenvalue weighted by atomic mass is 10.0. The maximum atomic E-state index is 6.22. The second kappa shape index (κ2) is 7.64. The topological polar surface area (TPSA) is 56.3 Å². The molecule has 0 radical (unpaired) electrons. The van der Waals surface area contributed by atoms with Crippen LogP contribution in [-0.4, -0.2) is 40.2 Å². The summed E-state index contributed by atoms with van der Waals surface area (Å²) in [6, 6.07) is 13.2. The van der Waals surface area contributed by atoms with Crippen molar-refractivity contribution in [1.82, 2.24) is 14.5 Å². The molecule has 2 N–H and O–H groups in total. The second-order valence-corrected chi connectivity index (χ2v) is 9.88. The quantitative estimate of drug-likeness (QED) is 0.466. The first-order valence-electron chi connectivity index (χ1n) is 11.5. The molecule has 0 aliphatic carbocycles. The molecule has 164 valence electrons. The summed E-state index contributed by atoms with van der Waals surface area (Å²) in [4.78, 5) is 8.76. The van der Waals surface area contributed by atoms with Crippen LogP contribution in [0.3, 0.4) is 0 Å². The van der Waals surface area contributed by atoms with E-state index < -0.39 is 0 Å². The molecule has 1 atom stereocenters. The van der Waals surface area contributed by atoms with E-state index >= 15 is 0 Å². The van der Waals surface area contributed by atoms with Crippen LogP contribution < -0.4 is 10.5 Å². The highest BCUT2D eigenvalue weighted by Crippen LogP contribution is 2.42. The summed E-state index contributed by atoms with van der Waals surface area (Å²) in [5, 5.41) is 1.35. The largest absolute Gasteiger partial charge is 0.489 e. The summed E-state index contributed by atoms with van der Waals surface area (Å²) >= 11 is 1.85. The van der Waals surface area contributed by atoms with Gasteiger partial charge in [0.05, 0.1) is 16.9 Å². The average molecular weight is 445 g/mol. The van der Waals surface area contributed by atoms with E-state index in [9.17, 15) is 0 Å². The number of benzene rings is 2. The number of imidazole rings is 1. The zero-order chi connectivity index (χ0) is 21.8. The lowest BCUT2D eigenvalue weighted by Gasteiger charge is -2.34. The van der Waals surface area contributed by atoms with Gasteiger partial charge in [0, 0.05) is 35.1 Å². The van der Waals surface area contributed by atoms with Gasteiger partial charge >= 0.3 is 0 Å². The van der Waals surface area contributed by atoms with Gasteiger partial charge < -0.3 is 19.9 Å². The van der Waals surface area contributed by atoms with Crippen LogP contribution >= 0.6 is 11.3 Å². The minimum Gasteiger partial charge on any atom is -0.489 e. The molecular weight excluding hydrogens is 416 g/mol. The molecule has 32 heavy (non-hydrogen) atoms. The summed E-state index contributed by atoms with van der Waals surface area (Å²) in [6.45, 7) is 9.97. The fourth-order valence-corrected chi connectivity index (χ4v) is 6.51. The van der Waals surface area contributed by atoms with Crippen molar-refractivity contribution in [2.45, 2.75) is 38.8 Å². The number of rotatable bonds is 4. The fourth-order valence-electron chi connectivity index (χ4n) is 5.21. The van der Waals surface area contributed by atoms with Gasteiger partial charge in [-0.15, -0.1) is 11.3 Å². The molecule has 2 aliphatic heterocycles. The monoisotopic (exact) mass is 444 g/mol. The number of aromatic nitrogens is 2. The van der Waals surface area contributed by atoms with Crippen molar-refractivity contribution in [3.8, 4) is 16.5 Å². The number of ether oxygens (including phenoxy) is 1. The first-order valence-corrected chi connectivity index (χ1v) is 12.3. The maximum Gasteiger partial charge on any atom is 0.151 e. The van der Waals surface area contributed by atoms with Gasteiger partial charge in [-0.1, -0.05) is 31.7 Å². The third kappa shape index (κ3) is 3.05. The molecule has 2 aromatic heterocycles. The van der Waals surface area contributed by atoms with Crippen molar-refractivity contribution in [2.24, 2.45) is 5.73 Å². The van der Waals surface area contributed by atoms with Crippen molar-refractivity contribution in [3.05, 3.63) is 54.1 Å². The molecule has 0 unspecified atom stereocenters. The van der Waals surface area contributed by atoms with Gasteiger partial charge in [0.1, 0.15) is 17.9 Å². The molecule has 2 aliphatic rings. The lowest BCUT2D eigenvalue weighted by Crippen LogP contribution is -2.41. The van der Waals surface area contributed by atoms with E-state index in [1.54, 1.807) is 0 Å². The van der Waals surface area contributed by atoms with Crippen molar-refractivity contribution < 1.29 is 4.74 Å². The summed E-state index contributed by atoms with van der Waals surface area (Å²) in [5.41, 5.74) is 11.8. The fraction of sp³-hybridized carbons (Fsp3) is 0.346. The third-order valence-electron chi connectivity index (χ3n) is 6.81. The number of thiophene rings is 1. The van der Waals surface area contributed by atoms with Gasteiger partial charge in [0.15, 0.2) is 5.82 Å². The van der Waals surface area contributed by atoms with Crippen molar-refractivity contribution in [1.29, 1.82) is 0 Å². The number of likely N-dealkylation sites (tertiary alicyclic amines) is 1. The minimum atomic E-state index is 0.213. The standard InChI is InChI=1S/C26H28N4OS/c1-3-19-20-8-4-5-9-23(20)32-25(19)26-28-21-13-17(14-22-24(21)30(26)11-12-31-22)16(2)29-10-6-7-18(27)15-29/h4-5,8-9,13-14,18H,2-3,6-7,10-12,15,27H2,1H3/t18-/m1/s1. The summed E-state index contributed by atoms with van der Waals surface area (Å²) in [6.07, 6.45) is 3.18. The number of hydrogen-bond acceptors (Lipinski definition) is 5. The second-order valence-electron chi connectivity index (χ2n) is 8.83. The van der Waals surface area contributed by atoms with Crippen LogP contribution in [-0.2, 0) is 13.0 Å². The van der Waals surface area contributed by atoms with E-state index in [-0.39, 0.29) is 6.04 Å². The number of nitrogens with two attached hydrogens (primary N) is 1. The molecule has 6 rings (SSSR count). The zero-order valence-corrected chi connectivity index (χ0v) is 19.3. The maximum absolute atomic E-state index is 6.22. The van der Waals surface area contributed by atoms with Gasteiger partial charge in [-0.2, -0.15) is 0 Å². The van der Waals surface area contributed by atoms with Gasteiger partial charge in [0.25, 0.3) is 0 Å². The van der Waals surface area contributed by atoms with Crippen LogP contribution in [0.5, 0.6) is 5.75 Å². The predicted octanol–water partition coefficient (Wildman–Crippen LogP) is 5.27. The Morgan fingerprint density at radius 3 is 3.00 bits per heavy atom. The summed E-state index contributed by atoms with van der Waals surface area (Å²) < 4.78 is 9.79. The number of fused-ring (bicyclic) bond motifs is 1. The molecule has 0 bridgehead atoms. The van der Waals surface area contributed by atoms with Crippen molar-refractivity contribution in [3.63, 3.8) is 0 Å². The number of piperidine rings is 1. The van der Waals surface area contributed by atoms with Crippen LogP contribution in [0, 0.1) is 0 Å². The van der Waals surface area contributed by atoms with E-state index in [0.29, 0.717) is 6.61 Å². The molecule has 1 fully saturated rings. The average Bonchev–Trinajstić information content (AvgIpc) is 3.37. The van der Waals surface area contributed by atoms with Gasteiger partial charge in [-0.25, -0.2) is 4.98 Å². The highest BCUT2D eigenvalue weighted by molar-refractivity contribution is 7.22. The lowest BCUT2D eigenvalue weighted by molar-refractivity contribution is 0.286. The highest BCUT2D eigenvalue weighted by Gasteiger charge is 2.26. The molecule has 1 saturated heterocycles. The molecule has 6 heteroatoms. The molecule has 5 nitrogen and oxygen atoms in total. The van der Waals surface area contributed by atoms with E-state index in [1.807, 2.05) is 11.3 Å². The molecule has 0 amide bonds. The molecule has 4 aromatic rings. The molecule has 2 aromatic carbocycles. The number of hydrogen-bond donors (Lipinski definition) is 1. The summed E-state index contributed by atoms with van der Waals surface area (Å²) in [7, 11) is 0. The Bertz CT molecular complexity index is 1350. The predicted molar refractivity (Wildman–Crippen MR) is 133 cm³/mol. The van der Waals surface area contributed by atoms with Gasteiger partial charge in [-0.3, -0.25) is 0 Å². The molecule has 0 spiro atoms. The normalized spacial score (nSPS) is 18.3. The van der Waals surface area contributed by atoms with Crippen molar-refractivity contribution in [2.75, 3.05) is 19.7 Å². The molecule has 4 heterocycles. The number of aryl methyl sites for hydroxylation is 1. The first-order chi connectivity index (χ1) is 15.6. The smallest absolute Gasteiger partial charge is 0.151 e. The van der Waals surface area contributed by atoms with Gasteiger partial charge in [0.2, 0.25) is 0 Å². The Balaban J connectivity index is 1.50. The zero-order valence-electron chi connectivity index (χ0n) is 18.4. The summed E-state index contributed by atoms with van der Waals surface area (Å²) in [5.74, 6) is 1.97. The molecular formula is C26H28N4OS. The van der Waals surface area contributed by atoms with Crippen molar-refractivity contribution >= 4 is 38.2 Å². The minimum absolute atomic E-state index is 0.213. The van der Waals surface area contributed by atoms with Crippen LogP contribution in [0.15, 0.2) is 43.0 Å². The van der Waals surface area contributed by atoms with Crippen LogP contribution in [0.4, 0.5) is 0 Å². The Labute approximate surface area is 192 Å². The highest BCUT2D eigenvalue weighted by atomic mass is 32.1. The van der Waals surface area contributed by atoms with E-state index in [4.69, 9.17) is 15.5 Å². The van der Waals surface area contributed by atoms with E-state index in [0.717, 1.165) is 72.8 Å². The van der Waals surface area contributed by atoms with Crippen LogP contribution in [0.2, 0.25) is 0 Å². The Morgan fingerprint density at radius 2 is 2.16 bits per heavy atom. The SMILES string of the molecule is C=C(c1cc2c3c(c1)nc(-c1sc4ccccc4c1CC)n3CCO2)N1CCC[C@@H](N)C1. The Hall–Kier alpha value is -2.83. The third-order valence-corrected chi connectivity index (χ3v) is 8.02. The Kier molecular flexibility index (Phi) is 4.73. The Morgan fingerprint density at radius 1 is 1.28 bits per heavy atom. The van der Waals surface area contributed by atoms with E-state index in [1.165, 1.54) is 20.5 Å². The molecule has 0 saturated carbocycles. The number of nitrogens with zero attached hydrogens (tertiary/aromatic N) is 3. The first kappa shape index (κ1) is 19.8. The van der Waals surface area contributed by atoms with Crippen LogP contribution in [0.1, 0.15) is 30.9 Å². The van der Waals surface area contributed by atoms with Gasteiger partial charge in [-0.05, 0) is 48.4 Å². The van der Waals surface area contributed by atoms with E-state index in [2.05, 4.69) is 59.4 Å².